The first-order valence-corrected chi connectivity index (χ1v) is 8.46. The van der Waals surface area contributed by atoms with Gasteiger partial charge in [-0.15, -0.1) is 0 Å². The zero-order valence-electron chi connectivity index (χ0n) is 15.2. The zero-order valence-corrected chi connectivity index (χ0v) is 15.2. The first-order chi connectivity index (χ1) is 13.4. The molecule has 0 radical (unpaired) electrons. The molecule has 1 aliphatic heterocycles. The fourth-order valence-corrected chi connectivity index (χ4v) is 2.91. The summed E-state index contributed by atoms with van der Waals surface area (Å²) in [6, 6.07) is 9.66. The number of aromatic nitrogens is 2. The van der Waals surface area contributed by atoms with E-state index in [0.717, 1.165) is 5.56 Å². The van der Waals surface area contributed by atoms with E-state index in [-0.39, 0.29) is 11.5 Å². The summed E-state index contributed by atoms with van der Waals surface area (Å²) in [6.45, 7) is 1.72. The Morgan fingerprint density at radius 1 is 1.25 bits per heavy atom. The highest BCUT2D eigenvalue weighted by atomic mass is 16.4. The Hall–Kier alpha value is -3.94. The topological polar surface area (TPSA) is 101 Å². The smallest absolute Gasteiger partial charge is 0.335 e. The minimum Gasteiger partial charge on any atom is -0.478 e. The molecular weight excluding hydrogens is 360 g/mol. The van der Waals surface area contributed by atoms with Crippen LogP contribution in [0.2, 0.25) is 0 Å². The van der Waals surface area contributed by atoms with Crippen molar-refractivity contribution >= 4 is 29.4 Å². The molecule has 0 spiro atoms. The largest absolute Gasteiger partial charge is 0.478 e. The molecule has 0 saturated carbocycles. The van der Waals surface area contributed by atoms with Crippen molar-refractivity contribution in [2.45, 2.75) is 6.92 Å². The maximum Gasteiger partial charge on any atom is 0.335 e. The number of amides is 1. The van der Waals surface area contributed by atoms with Crippen molar-refractivity contribution in [2.24, 2.45) is 12.1 Å². The first-order valence-electron chi connectivity index (χ1n) is 8.46. The monoisotopic (exact) mass is 376 g/mol. The number of furan rings is 1. The lowest BCUT2D eigenvalue weighted by Crippen LogP contribution is -2.21. The SMILES string of the molecule is CC1=NN(c2cccc(C(=O)O)c2)C(=O)/C1=C\c1ccc(-c2cnn(C)c2)o1. The Morgan fingerprint density at radius 2 is 2.07 bits per heavy atom. The summed E-state index contributed by atoms with van der Waals surface area (Å²) in [5.41, 5.74) is 2.21. The van der Waals surface area contributed by atoms with Crippen LogP contribution < -0.4 is 5.01 Å². The lowest BCUT2D eigenvalue weighted by molar-refractivity contribution is -0.114. The second kappa shape index (κ2) is 6.66. The Morgan fingerprint density at radius 3 is 2.79 bits per heavy atom. The van der Waals surface area contributed by atoms with Crippen LogP contribution in [0.15, 0.2) is 63.9 Å². The lowest BCUT2D eigenvalue weighted by atomic mass is 10.1. The number of hydrazone groups is 1. The highest BCUT2D eigenvalue weighted by Crippen LogP contribution is 2.27. The van der Waals surface area contributed by atoms with E-state index in [9.17, 15) is 9.59 Å². The number of hydrogen-bond acceptors (Lipinski definition) is 5. The summed E-state index contributed by atoms with van der Waals surface area (Å²) in [6.07, 6.45) is 5.16. The van der Waals surface area contributed by atoms with Crippen molar-refractivity contribution in [3.05, 3.63) is 65.7 Å². The average Bonchev–Trinajstić information content (AvgIpc) is 3.38. The number of carbonyl (C=O) groups is 2. The van der Waals surface area contributed by atoms with E-state index in [1.165, 1.54) is 17.1 Å². The molecule has 1 amide bonds. The Bertz CT molecular complexity index is 1150. The highest BCUT2D eigenvalue weighted by molar-refractivity contribution is 6.32. The molecule has 0 bridgehead atoms. The van der Waals surface area contributed by atoms with Crippen molar-refractivity contribution < 1.29 is 19.1 Å². The van der Waals surface area contributed by atoms with Crippen LogP contribution in [-0.2, 0) is 11.8 Å². The molecule has 1 aromatic carbocycles. The summed E-state index contributed by atoms with van der Waals surface area (Å²) >= 11 is 0. The molecule has 1 N–H and O–H groups in total. The molecule has 4 rings (SSSR count). The number of hydrogen-bond donors (Lipinski definition) is 1. The molecule has 0 aliphatic carbocycles. The van der Waals surface area contributed by atoms with Gasteiger partial charge in [0.1, 0.15) is 11.5 Å². The maximum atomic E-state index is 12.8. The molecular formula is C20H16N4O4. The predicted octanol–water partition coefficient (Wildman–Crippen LogP) is 3.18. The molecule has 2 aromatic heterocycles. The van der Waals surface area contributed by atoms with Crippen molar-refractivity contribution in [3.8, 4) is 11.3 Å². The molecule has 0 fully saturated rings. The number of rotatable bonds is 4. The quantitative estimate of drug-likeness (QED) is 0.705. The fourth-order valence-electron chi connectivity index (χ4n) is 2.91. The number of aryl methyl sites for hydroxylation is 1. The molecule has 8 heteroatoms. The van der Waals surface area contributed by atoms with Crippen LogP contribution in [0, 0.1) is 0 Å². The van der Waals surface area contributed by atoms with Gasteiger partial charge in [0.05, 0.1) is 34.3 Å². The van der Waals surface area contributed by atoms with Gasteiger partial charge in [0.25, 0.3) is 5.91 Å². The van der Waals surface area contributed by atoms with Crippen molar-refractivity contribution in [1.82, 2.24) is 9.78 Å². The molecule has 3 aromatic rings. The van der Waals surface area contributed by atoms with E-state index in [2.05, 4.69) is 10.2 Å². The minimum atomic E-state index is -1.07. The number of anilines is 1. The predicted molar refractivity (Wildman–Crippen MR) is 103 cm³/mol. The fraction of sp³-hybridized carbons (Fsp3) is 0.100. The van der Waals surface area contributed by atoms with Crippen LogP contribution >= 0.6 is 0 Å². The number of carbonyl (C=O) groups excluding carboxylic acids is 1. The number of nitrogens with zero attached hydrogens (tertiary/aromatic N) is 4. The molecule has 8 nitrogen and oxygen atoms in total. The van der Waals surface area contributed by atoms with Gasteiger partial charge in [-0.2, -0.15) is 15.2 Å². The number of benzene rings is 1. The van der Waals surface area contributed by atoms with Gasteiger partial charge >= 0.3 is 5.97 Å². The van der Waals surface area contributed by atoms with Crippen LogP contribution in [-0.4, -0.2) is 32.5 Å². The van der Waals surface area contributed by atoms with Crippen molar-refractivity contribution in [3.63, 3.8) is 0 Å². The standard InChI is InChI=1S/C20H16N4O4/c1-12-17(9-16-6-7-18(28-16)14-10-21-23(2)11-14)19(25)24(22-12)15-5-3-4-13(8-15)20(26)27/h3-11H,1-2H3,(H,26,27)/b17-9-. The second-order valence-corrected chi connectivity index (χ2v) is 6.32. The van der Waals surface area contributed by atoms with Gasteiger partial charge in [-0.1, -0.05) is 6.07 Å². The second-order valence-electron chi connectivity index (χ2n) is 6.32. The van der Waals surface area contributed by atoms with E-state index in [4.69, 9.17) is 9.52 Å². The zero-order chi connectivity index (χ0) is 19.8. The van der Waals surface area contributed by atoms with E-state index >= 15 is 0 Å². The molecule has 0 atom stereocenters. The van der Waals surface area contributed by atoms with Gasteiger partial charge in [0.15, 0.2) is 0 Å². The Labute approximate surface area is 160 Å². The highest BCUT2D eigenvalue weighted by Gasteiger charge is 2.29. The van der Waals surface area contributed by atoms with Gasteiger partial charge in [0, 0.05) is 13.2 Å². The number of carboxylic acids is 1. The molecule has 28 heavy (non-hydrogen) atoms. The molecule has 140 valence electrons. The van der Waals surface area contributed by atoms with E-state index in [1.807, 2.05) is 19.3 Å². The summed E-state index contributed by atoms with van der Waals surface area (Å²) < 4.78 is 7.48. The number of aromatic carboxylic acids is 1. The summed E-state index contributed by atoms with van der Waals surface area (Å²) in [5, 5.41) is 18.7. The van der Waals surface area contributed by atoms with E-state index in [0.29, 0.717) is 28.5 Å². The first kappa shape index (κ1) is 17.5. The summed E-state index contributed by atoms with van der Waals surface area (Å²) in [4.78, 5) is 24.0. The minimum absolute atomic E-state index is 0.0859. The van der Waals surface area contributed by atoms with Gasteiger partial charge in [-0.05, 0) is 43.3 Å². The third-order valence-corrected chi connectivity index (χ3v) is 4.30. The van der Waals surface area contributed by atoms with E-state index in [1.54, 1.807) is 42.1 Å². The van der Waals surface area contributed by atoms with Crippen molar-refractivity contribution in [2.75, 3.05) is 5.01 Å². The summed E-state index contributed by atoms with van der Waals surface area (Å²) in [5.74, 6) is -0.258. The van der Waals surface area contributed by atoms with Crippen LogP contribution in [0.3, 0.4) is 0 Å². The van der Waals surface area contributed by atoms with Crippen LogP contribution in [0.1, 0.15) is 23.0 Å². The molecule has 0 saturated heterocycles. The van der Waals surface area contributed by atoms with Crippen molar-refractivity contribution in [1.29, 1.82) is 0 Å². The van der Waals surface area contributed by atoms with Gasteiger partial charge in [-0.25, -0.2) is 4.79 Å². The summed E-state index contributed by atoms with van der Waals surface area (Å²) in [7, 11) is 1.82. The molecule has 0 unspecified atom stereocenters. The third kappa shape index (κ3) is 3.11. The molecule has 3 heterocycles. The third-order valence-electron chi connectivity index (χ3n) is 4.30. The van der Waals surface area contributed by atoms with Crippen LogP contribution in [0.25, 0.3) is 17.4 Å². The van der Waals surface area contributed by atoms with E-state index < -0.39 is 5.97 Å². The maximum absolute atomic E-state index is 12.8. The average molecular weight is 376 g/mol. The van der Waals surface area contributed by atoms with Gasteiger partial charge in [-0.3, -0.25) is 9.48 Å². The Balaban J connectivity index is 1.63. The normalized spacial score (nSPS) is 15.4. The Kier molecular flexibility index (Phi) is 4.15. The molecule has 1 aliphatic rings. The van der Waals surface area contributed by atoms with Crippen LogP contribution in [0.5, 0.6) is 0 Å². The lowest BCUT2D eigenvalue weighted by Gasteiger charge is -2.12. The number of carboxylic acid groups (broad SMARTS) is 1. The van der Waals surface area contributed by atoms with Gasteiger partial charge in [0.2, 0.25) is 0 Å². The van der Waals surface area contributed by atoms with Gasteiger partial charge < -0.3 is 9.52 Å². The van der Waals surface area contributed by atoms with Crippen LogP contribution in [0.4, 0.5) is 5.69 Å².